The Labute approximate surface area is 184 Å². The van der Waals surface area contributed by atoms with Gasteiger partial charge in [0, 0.05) is 35.3 Å². The average molecular weight is 432 g/mol. The molecule has 0 saturated heterocycles. The van der Waals surface area contributed by atoms with Gasteiger partial charge in [0.2, 0.25) is 0 Å². The van der Waals surface area contributed by atoms with Crippen molar-refractivity contribution in [3.8, 4) is 22.1 Å². The first kappa shape index (κ1) is 20.6. The van der Waals surface area contributed by atoms with E-state index in [9.17, 15) is 4.79 Å². The molecular weight excluding hydrogens is 410 g/mol. The molecule has 6 nitrogen and oxygen atoms in total. The number of carbonyl (C=O) groups excluding carboxylic acids is 1. The highest BCUT2D eigenvalue weighted by Gasteiger charge is 2.17. The van der Waals surface area contributed by atoms with Crippen molar-refractivity contribution in [1.82, 2.24) is 9.97 Å². The number of aryl methyl sites for hydroxylation is 1. The molecule has 156 valence electrons. The van der Waals surface area contributed by atoms with Gasteiger partial charge in [-0.2, -0.15) is 0 Å². The van der Waals surface area contributed by atoms with Gasteiger partial charge in [-0.3, -0.25) is 9.78 Å². The summed E-state index contributed by atoms with van der Waals surface area (Å²) in [5.74, 6) is 0.915. The summed E-state index contributed by atoms with van der Waals surface area (Å²) in [7, 11) is 1.58. The van der Waals surface area contributed by atoms with E-state index in [1.807, 2.05) is 49.4 Å². The summed E-state index contributed by atoms with van der Waals surface area (Å²) >= 11 is 1.37. The number of hydrogen-bond acceptors (Lipinski definition) is 6. The first-order chi connectivity index (χ1) is 15.1. The third kappa shape index (κ3) is 4.90. The average Bonchev–Trinajstić information content (AvgIpc) is 3.21. The molecule has 0 atom stereocenters. The quantitative estimate of drug-likeness (QED) is 0.427. The summed E-state index contributed by atoms with van der Waals surface area (Å²) in [6, 6.07) is 18.9. The lowest BCUT2D eigenvalue weighted by Crippen LogP contribution is -2.11. The number of aromatic nitrogens is 2. The molecule has 7 heteroatoms. The van der Waals surface area contributed by atoms with E-state index in [-0.39, 0.29) is 5.91 Å². The summed E-state index contributed by atoms with van der Waals surface area (Å²) in [4.78, 5) is 22.1. The van der Waals surface area contributed by atoms with Crippen LogP contribution in [0, 0.1) is 6.92 Å². The molecular formula is C24H21N3O3S. The van der Waals surface area contributed by atoms with Crippen LogP contribution in [0.25, 0.3) is 10.6 Å². The van der Waals surface area contributed by atoms with Crippen molar-refractivity contribution >= 4 is 22.9 Å². The number of anilines is 1. The van der Waals surface area contributed by atoms with Crippen molar-refractivity contribution in [2.45, 2.75) is 13.5 Å². The minimum absolute atomic E-state index is 0.208. The van der Waals surface area contributed by atoms with Gasteiger partial charge >= 0.3 is 0 Å². The van der Waals surface area contributed by atoms with Crippen LogP contribution in [-0.2, 0) is 6.61 Å². The number of benzene rings is 2. The molecule has 2 aromatic heterocycles. The number of rotatable bonds is 7. The molecule has 0 saturated carbocycles. The van der Waals surface area contributed by atoms with Crippen LogP contribution >= 0.6 is 11.3 Å². The van der Waals surface area contributed by atoms with Crippen LogP contribution in [0.5, 0.6) is 11.5 Å². The highest BCUT2D eigenvalue weighted by Crippen LogP contribution is 2.32. The Morgan fingerprint density at radius 2 is 1.90 bits per heavy atom. The van der Waals surface area contributed by atoms with Crippen molar-refractivity contribution in [2.24, 2.45) is 0 Å². The SMILES string of the molecule is COc1ccc(NC(=O)c2sc(-c3ccccc3)nc2C)cc1OCc1cccnc1. The Bertz CT molecular complexity index is 1180. The summed E-state index contributed by atoms with van der Waals surface area (Å²) in [5, 5.41) is 3.76. The zero-order valence-corrected chi connectivity index (χ0v) is 18.0. The molecule has 31 heavy (non-hydrogen) atoms. The number of carbonyl (C=O) groups is 1. The van der Waals surface area contributed by atoms with Crippen molar-refractivity contribution in [2.75, 3.05) is 12.4 Å². The molecule has 4 rings (SSSR count). The summed E-state index contributed by atoms with van der Waals surface area (Å²) in [6.45, 7) is 2.18. The van der Waals surface area contributed by atoms with Crippen LogP contribution in [-0.4, -0.2) is 23.0 Å². The Hall–Kier alpha value is -3.71. The van der Waals surface area contributed by atoms with E-state index in [1.165, 1.54) is 11.3 Å². The number of ether oxygens (including phenoxy) is 2. The lowest BCUT2D eigenvalue weighted by Gasteiger charge is -2.13. The molecule has 0 aliphatic heterocycles. The Kier molecular flexibility index (Phi) is 6.24. The van der Waals surface area contributed by atoms with Crippen LogP contribution in [0.15, 0.2) is 73.1 Å². The highest BCUT2D eigenvalue weighted by molar-refractivity contribution is 7.17. The molecule has 0 radical (unpaired) electrons. The predicted octanol–water partition coefficient (Wildman–Crippen LogP) is 5.35. The number of hydrogen-bond donors (Lipinski definition) is 1. The summed E-state index contributed by atoms with van der Waals surface area (Å²) in [5.41, 5.74) is 3.24. The van der Waals surface area contributed by atoms with E-state index < -0.39 is 0 Å². The molecule has 0 fully saturated rings. The zero-order chi connectivity index (χ0) is 21.6. The van der Waals surface area contributed by atoms with Gasteiger partial charge in [0.15, 0.2) is 11.5 Å². The van der Waals surface area contributed by atoms with Gasteiger partial charge in [0.1, 0.15) is 16.5 Å². The smallest absolute Gasteiger partial charge is 0.267 e. The maximum absolute atomic E-state index is 12.9. The van der Waals surface area contributed by atoms with E-state index in [4.69, 9.17) is 9.47 Å². The fourth-order valence-electron chi connectivity index (χ4n) is 3.01. The molecule has 0 bridgehead atoms. The van der Waals surface area contributed by atoms with Crippen LogP contribution in [0.2, 0.25) is 0 Å². The van der Waals surface area contributed by atoms with E-state index in [0.717, 1.165) is 16.1 Å². The fourth-order valence-corrected chi connectivity index (χ4v) is 3.98. The van der Waals surface area contributed by atoms with Gasteiger partial charge in [-0.05, 0) is 25.1 Å². The topological polar surface area (TPSA) is 73.3 Å². The fraction of sp³-hybridized carbons (Fsp3) is 0.125. The minimum Gasteiger partial charge on any atom is -0.493 e. The van der Waals surface area contributed by atoms with Gasteiger partial charge in [0.25, 0.3) is 5.91 Å². The summed E-state index contributed by atoms with van der Waals surface area (Å²) < 4.78 is 11.3. The lowest BCUT2D eigenvalue weighted by atomic mass is 10.2. The third-order valence-electron chi connectivity index (χ3n) is 4.56. The Morgan fingerprint density at radius 1 is 1.06 bits per heavy atom. The standard InChI is InChI=1S/C24H21N3O3S/c1-16-22(31-24(26-16)18-8-4-3-5-9-18)23(28)27-19-10-11-20(29-2)21(13-19)30-15-17-7-6-12-25-14-17/h3-14H,15H2,1-2H3,(H,27,28). The molecule has 0 aliphatic carbocycles. The van der Waals surface area contributed by atoms with Gasteiger partial charge in [0.05, 0.1) is 12.8 Å². The molecule has 0 aliphatic rings. The van der Waals surface area contributed by atoms with Crippen molar-refractivity contribution in [3.63, 3.8) is 0 Å². The molecule has 1 N–H and O–H groups in total. The molecule has 0 spiro atoms. The van der Waals surface area contributed by atoms with Crippen LogP contribution < -0.4 is 14.8 Å². The van der Waals surface area contributed by atoms with E-state index in [2.05, 4.69) is 15.3 Å². The first-order valence-electron chi connectivity index (χ1n) is 9.68. The predicted molar refractivity (Wildman–Crippen MR) is 122 cm³/mol. The first-order valence-corrected chi connectivity index (χ1v) is 10.5. The second-order valence-corrected chi connectivity index (χ2v) is 7.77. The Morgan fingerprint density at radius 3 is 2.65 bits per heavy atom. The molecule has 1 amide bonds. The lowest BCUT2D eigenvalue weighted by molar-refractivity contribution is 0.103. The monoisotopic (exact) mass is 431 g/mol. The van der Waals surface area contributed by atoms with Gasteiger partial charge < -0.3 is 14.8 Å². The van der Waals surface area contributed by atoms with Crippen LogP contribution in [0.3, 0.4) is 0 Å². The van der Waals surface area contributed by atoms with Crippen LogP contribution in [0.1, 0.15) is 20.9 Å². The number of methoxy groups -OCH3 is 1. The zero-order valence-electron chi connectivity index (χ0n) is 17.2. The van der Waals surface area contributed by atoms with Crippen LogP contribution in [0.4, 0.5) is 5.69 Å². The molecule has 2 aromatic carbocycles. The number of pyridine rings is 1. The third-order valence-corrected chi connectivity index (χ3v) is 5.77. The van der Waals surface area contributed by atoms with Crippen molar-refractivity contribution < 1.29 is 14.3 Å². The summed E-state index contributed by atoms with van der Waals surface area (Å²) in [6.07, 6.45) is 3.46. The highest BCUT2D eigenvalue weighted by atomic mass is 32.1. The maximum atomic E-state index is 12.9. The normalized spacial score (nSPS) is 10.5. The maximum Gasteiger partial charge on any atom is 0.267 e. The number of nitrogens with one attached hydrogen (secondary N) is 1. The van der Waals surface area contributed by atoms with Crippen molar-refractivity contribution in [1.29, 1.82) is 0 Å². The van der Waals surface area contributed by atoms with Gasteiger partial charge in [-0.1, -0.05) is 36.4 Å². The van der Waals surface area contributed by atoms with E-state index in [0.29, 0.717) is 34.4 Å². The largest absolute Gasteiger partial charge is 0.493 e. The molecule has 4 aromatic rings. The van der Waals surface area contributed by atoms with Gasteiger partial charge in [-0.15, -0.1) is 11.3 Å². The molecule has 2 heterocycles. The van der Waals surface area contributed by atoms with E-state index in [1.54, 1.807) is 37.7 Å². The van der Waals surface area contributed by atoms with Gasteiger partial charge in [-0.25, -0.2) is 4.98 Å². The molecule has 0 unspecified atom stereocenters. The Balaban J connectivity index is 1.51. The van der Waals surface area contributed by atoms with E-state index >= 15 is 0 Å². The number of thiazole rings is 1. The second kappa shape index (κ2) is 9.40. The number of nitrogens with zero attached hydrogens (tertiary/aromatic N) is 2. The minimum atomic E-state index is -0.208. The second-order valence-electron chi connectivity index (χ2n) is 6.77. The van der Waals surface area contributed by atoms with Crippen molar-refractivity contribution in [3.05, 3.63) is 89.2 Å². The number of amides is 1.